The van der Waals surface area contributed by atoms with Gasteiger partial charge in [0.05, 0.1) is 0 Å². The molecule has 116 valence electrons. The Kier molecular flexibility index (Phi) is 5.62. The van der Waals surface area contributed by atoms with Gasteiger partial charge >= 0.3 is 0 Å². The second kappa shape index (κ2) is 7.46. The summed E-state index contributed by atoms with van der Waals surface area (Å²) in [6, 6.07) is 8.22. The highest BCUT2D eigenvalue weighted by molar-refractivity contribution is 5.81. The smallest absolute Gasteiger partial charge is 0.263 e. The maximum absolute atomic E-state index is 12.4. The maximum Gasteiger partial charge on any atom is 0.263 e. The van der Waals surface area contributed by atoms with Gasteiger partial charge in [0.2, 0.25) is 0 Å². The molecule has 1 heterocycles. The topological polar surface area (TPSA) is 41.6 Å². The first kappa shape index (κ1) is 15.8. The van der Waals surface area contributed by atoms with Crippen molar-refractivity contribution >= 4 is 5.91 Å². The third-order valence-corrected chi connectivity index (χ3v) is 4.12. The van der Waals surface area contributed by atoms with Gasteiger partial charge in [0.1, 0.15) is 5.75 Å². The Hall–Kier alpha value is -1.55. The number of nitrogens with one attached hydrogen (secondary N) is 1. The van der Waals surface area contributed by atoms with Crippen molar-refractivity contribution < 1.29 is 9.53 Å². The van der Waals surface area contributed by atoms with Crippen molar-refractivity contribution in [2.75, 3.05) is 20.1 Å². The van der Waals surface area contributed by atoms with Crippen LogP contribution in [0.2, 0.25) is 0 Å². The fourth-order valence-electron chi connectivity index (χ4n) is 2.89. The molecule has 21 heavy (non-hydrogen) atoms. The van der Waals surface area contributed by atoms with E-state index in [0.29, 0.717) is 0 Å². The van der Waals surface area contributed by atoms with Crippen LogP contribution in [0.5, 0.6) is 5.75 Å². The van der Waals surface area contributed by atoms with E-state index in [1.807, 2.05) is 37.1 Å². The Balaban J connectivity index is 2.09. The quantitative estimate of drug-likeness (QED) is 0.876. The highest BCUT2D eigenvalue weighted by atomic mass is 16.5. The predicted octanol–water partition coefficient (Wildman–Crippen LogP) is 2.75. The zero-order valence-corrected chi connectivity index (χ0v) is 13.3. The van der Waals surface area contributed by atoms with Crippen molar-refractivity contribution in [2.45, 2.75) is 45.3 Å². The summed E-state index contributed by atoms with van der Waals surface area (Å²) >= 11 is 0. The summed E-state index contributed by atoms with van der Waals surface area (Å²) in [4.78, 5) is 14.3. The molecule has 0 aliphatic carbocycles. The first-order valence-electron chi connectivity index (χ1n) is 7.89. The lowest BCUT2D eigenvalue weighted by Gasteiger charge is -2.24. The second-order valence-corrected chi connectivity index (χ2v) is 5.58. The number of carbonyl (C=O) groups is 1. The van der Waals surface area contributed by atoms with Crippen molar-refractivity contribution in [3.63, 3.8) is 0 Å². The van der Waals surface area contributed by atoms with Gasteiger partial charge in [-0.15, -0.1) is 0 Å². The number of amides is 1. The Morgan fingerprint density at radius 1 is 1.33 bits per heavy atom. The molecule has 2 rings (SSSR count). The molecule has 1 N–H and O–H groups in total. The number of ether oxygens (including phenoxy) is 1. The molecule has 1 saturated heterocycles. The summed E-state index contributed by atoms with van der Waals surface area (Å²) in [5.41, 5.74) is 1.11. The lowest BCUT2D eigenvalue weighted by atomic mass is 10.0. The van der Waals surface area contributed by atoms with Crippen LogP contribution >= 0.6 is 0 Å². The average Bonchev–Trinajstić information content (AvgIpc) is 3.03. The normalized spacial score (nSPS) is 17.6. The summed E-state index contributed by atoms with van der Waals surface area (Å²) in [6.45, 7) is 5.71. The van der Waals surface area contributed by atoms with E-state index in [0.717, 1.165) is 43.7 Å². The number of likely N-dealkylation sites (tertiary alicyclic amines) is 1. The molecule has 1 aliphatic heterocycles. The molecular weight excluding hydrogens is 264 g/mol. The molecule has 0 bridgehead atoms. The summed E-state index contributed by atoms with van der Waals surface area (Å²) in [5.74, 6) is 0.901. The van der Waals surface area contributed by atoms with Crippen LogP contribution in [0, 0.1) is 0 Å². The highest BCUT2D eigenvalue weighted by Crippen LogP contribution is 2.28. The molecule has 2 atom stereocenters. The van der Waals surface area contributed by atoms with E-state index in [1.165, 1.54) is 0 Å². The molecular formula is C17H26N2O2. The van der Waals surface area contributed by atoms with Gasteiger partial charge in [-0.25, -0.2) is 0 Å². The first-order valence-corrected chi connectivity index (χ1v) is 7.89. The third-order valence-electron chi connectivity index (χ3n) is 4.12. The molecule has 1 fully saturated rings. The molecule has 1 aromatic carbocycles. The van der Waals surface area contributed by atoms with E-state index < -0.39 is 6.10 Å². The van der Waals surface area contributed by atoms with E-state index in [-0.39, 0.29) is 11.9 Å². The number of para-hydroxylation sites is 1. The summed E-state index contributed by atoms with van der Waals surface area (Å²) < 4.78 is 5.97. The van der Waals surface area contributed by atoms with Crippen molar-refractivity contribution in [1.29, 1.82) is 0 Å². The van der Waals surface area contributed by atoms with Crippen LogP contribution in [0.15, 0.2) is 24.3 Å². The van der Waals surface area contributed by atoms with Gasteiger partial charge in [0.25, 0.3) is 5.91 Å². The molecule has 4 heteroatoms. The Labute approximate surface area is 127 Å². The van der Waals surface area contributed by atoms with Crippen molar-refractivity contribution in [3.05, 3.63) is 29.8 Å². The highest BCUT2D eigenvalue weighted by Gasteiger charge is 2.25. The van der Waals surface area contributed by atoms with E-state index >= 15 is 0 Å². The summed E-state index contributed by atoms with van der Waals surface area (Å²) in [7, 11) is 1.95. The van der Waals surface area contributed by atoms with E-state index in [4.69, 9.17) is 4.74 Å². The standard InChI is InChI=1S/C17H26N2O2/c1-4-15(18-3)14-9-5-6-10-16(14)21-13(2)17(20)19-11-7-8-12-19/h5-6,9-10,13,15,18H,4,7-8,11-12H2,1-3H3. The van der Waals surface area contributed by atoms with Crippen LogP contribution in [0.4, 0.5) is 0 Å². The molecule has 1 aliphatic rings. The summed E-state index contributed by atoms with van der Waals surface area (Å²) in [6.07, 6.45) is 2.75. The average molecular weight is 290 g/mol. The number of nitrogens with zero attached hydrogens (tertiary/aromatic N) is 1. The second-order valence-electron chi connectivity index (χ2n) is 5.58. The number of carbonyl (C=O) groups excluding carboxylic acids is 1. The molecule has 0 saturated carbocycles. The van der Waals surface area contributed by atoms with Crippen LogP contribution in [0.1, 0.15) is 44.7 Å². The minimum Gasteiger partial charge on any atom is -0.481 e. The number of hydrogen-bond donors (Lipinski definition) is 1. The molecule has 0 radical (unpaired) electrons. The zero-order valence-electron chi connectivity index (χ0n) is 13.3. The fourth-order valence-corrected chi connectivity index (χ4v) is 2.89. The third kappa shape index (κ3) is 3.76. The lowest BCUT2D eigenvalue weighted by Crippen LogP contribution is -2.38. The monoisotopic (exact) mass is 290 g/mol. The predicted molar refractivity (Wildman–Crippen MR) is 84.4 cm³/mol. The van der Waals surface area contributed by atoms with Crippen LogP contribution < -0.4 is 10.1 Å². The van der Waals surface area contributed by atoms with Crippen LogP contribution in [-0.4, -0.2) is 37.0 Å². The largest absolute Gasteiger partial charge is 0.481 e. The zero-order chi connectivity index (χ0) is 15.2. The molecule has 0 aromatic heterocycles. The molecule has 4 nitrogen and oxygen atoms in total. The van der Waals surface area contributed by atoms with Gasteiger partial charge in [0, 0.05) is 24.7 Å². The van der Waals surface area contributed by atoms with Gasteiger partial charge in [-0.3, -0.25) is 4.79 Å². The maximum atomic E-state index is 12.4. The number of rotatable bonds is 6. The van der Waals surface area contributed by atoms with Crippen LogP contribution in [0.25, 0.3) is 0 Å². The molecule has 2 unspecified atom stereocenters. The van der Waals surface area contributed by atoms with Crippen LogP contribution in [0.3, 0.4) is 0 Å². The fraction of sp³-hybridized carbons (Fsp3) is 0.588. The van der Waals surface area contributed by atoms with Crippen molar-refractivity contribution in [1.82, 2.24) is 10.2 Å². The molecule has 1 aromatic rings. The lowest BCUT2D eigenvalue weighted by molar-refractivity contribution is -0.136. The first-order chi connectivity index (χ1) is 10.2. The Bertz CT molecular complexity index is 466. The van der Waals surface area contributed by atoms with E-state index in [9.17, 15) is 4.79 Å². The van der Waals surface area contributed by atoms with E-state index in [1.54, 1.807) is 0 Å². The Morgan fingerprint density at radius 2 is 2.00 bits per heavy atom. The van der Waals surface area contributed by atoms with Gasteiger partial charge < -0.3 is 15.0 Å². The minimum absolute atomic E-state index is 0.0970. The van der Waals surface area contributed by atoms with Gasteiger partial charge in [-0.2, -0.15) is 0 Å². The van der Waals surface area contributed by atoms with Gasteiger partial charge in [0.15, 0.2) is 6.10 Å². The SMILES string of the molecule is CCC(NC)c1ccccc1OC(C)C(=O)N1CCCC1. The molecule has 0 spiro atoms. The van der Waals surface area contributed by atoms with Crippen LogP contribution in [-0.2, 0) is 4.79 Å². The number of hydrogen-bond acceptors (Lipinski definition) is 3. The van der Waals surface area contributed by atoms with Gasteiger partial charge in [-0.1, -0.05) is 25.1 Å². The van der Waals surface area contributed by atoms with E-state index in [2.05, 4.69) is 18.3 Å². The summed E-state index contributed by atoms with van der Waals surface area (Å²) in [5, 5.41) is 3.29. The Morgan fingerprint density at radius 3 is 2.62 bits per heavy atom. The number of benzene rings is 1. The van der Waals surface area contributed by atoms with Crippen molar-refractivity contribution in [3.8, 4) is 5.75 Å². The van der Waals surface area contributed by atoms with Gasteiger partial charge in [-0.05, 0) is 39.3 Å². The minimum atomic E-state index is -0.432. The molecule has 1 amide bonds. The van der Waals surface area contributed by atoms with Crippen molar-refractivity contribution in [2.24, 2.45) is 0 Å².